The fourth-order valence-electron chi connectivity index (χ4n) is 2.86. The number of halogens is 1. The SMILES string of the molecule is O=C1NCC2(CCN(C(=O)Cc3ccccc3F)CC2)O1. The van der Waals surface area contributed by atoms with Gasteiger partial charge in [0, 0.05) is 25.9 Å². The molecule has 0 bridgehead atoms. The Morgan fingerprint density at radius 3 is 2.67 bits per heavy atom. The van der Waals surface area contributed by atoms with E-state index in [0.29, 0.717) is 38.0 Å². The van der Waals surface area contributed by atoms with Gasteiger partial charge in [0.15, 0.2) is 0 Å². The van der Waals surface area contributed by atoms with Gasteiger partial charge in [-0.15, -0.1) is 0 Å². The van der Waals surface area contributed by atoms with Gasteiger partial charge in [-0.3, -0.25) is 4.79 Å². The summed E-state index contributed by atoms with van der Waals surface area (Å²) in [6, 6.07) is 6.31. The highest BCUT2D eigenvalue weighted by molar-refractivity contribution is 5.79. The van der Waals surface area contributed by atoms with Crippen LogP contribution in [0.2, 0.25) is 0 Å². The second kappa shape index (κ2) is 5.35. The minimum absolute atomic E-state index is 0.0672. The molecule has 5 nitrogen and oxygen atoms in total. The topological polar surface area (TPSA) is 58.6 Å². The molecular formula is C15H17FN2O3. The number of hydrogen-bond donors (Lipinski definition) is 1. The summed E-state index contributed by atoms with van der Waals surface area (Å²) in [7, 11) is 0. The molecule has 6 heteroatoms. The number of benzene rings is 1. The van der Waals surface area contributed by atoms with Crippen molar-refractivity contribution in [1.82, 2.24) is 10.2 Å². The first-order valence-corrected chi connectivity index (χ1v) is 7.06. The van der Waals surface area contributed by atoms with Crippen LogP contribution in [0.4, 0.5) is 9.18 Å². The van der Waals surface area contributed by atoms with Gasteiger partial charge in [0.05, 0.1) is 13.0 Å². The van der Waals surface area contributed by atoms with E-state index in [0.717, 1.165) is 0 Å². The summed E-state index contributed by atoms with van der Waals surface area (Å²) in [5.41, 5.74) is -0.0528. The van der Waals surface area contributed by atoms with Crippen LogP contribution in [0, 0.1) is 5.82 Å². The zero-order valence-corrected chi connectivity index (χ0v) is 11.6. The number of nitrogens with one attached hydrogen (secondary N) is 1. The van der Waals surface area contributed by atoms with Crippen LogP contribution in [-0.4, -0.2) is 42.1 Å². The van der Waals surface area contributed by atoms with Gasteiger partial charge in [0.1, 0.15) is 11.4 Å². The summed E-state index contributed by atoms with van der Waals surface area (Å²) >= 11 is 0. The lowest BCUT2D eigenvalue weighted by Gasteiger charge is -2.37. The molecule has 2 heterocycles. The predicted octanol–water partition coefficient (Wildman–Crippen LogP) is 1.47. The maximum atomic E-state index is 13.6. The number of likely N-dealkylation sites (tertiary alicyclic amines) is 1. The van der Waals surface area contributed by atoms with E-state index in [9.17, 15) is 14.0 Å². The van der Waals surface area contributed by atoms with Crippen molar-refractivity contribution in [2.24, 2.45) is 0 Å². The van der Waals surface area contributed by atoms with Crippen LogP contribution in [0.1, 0.15) is 18.4 Å². The molecule has 2 amide bonds. The Morgan fingerprint density at radius 2 is 2.05 bits per heavy atom. The van der Waals surface area contributed by atoms with Gasteiger partial charge in [0.2, 0.25) is 5.91 Å². The summed E-state index contributed by atoms with van der Waals surface area (Å²) in [6.07, 6.45) is 0.919. The van der Waals surface area contributed by atoms with Crippen molar-refractivity contribution < 1.29 is 18.7 Å². The molecule has 2 fully saturated rings. The van der Waals surface area contributed by atoms with Gasteiger partial charge in [0.25, 0.3) is 0 Å². The number of amides is 2. The Balaban J connectivity index is 1.58. The van der Waals surface area contributed by atoms with Crippen LogP contribution in [0.3, 0.4) is 0 Å². The van der Waals surface area contributed by atoms with E-state index in [-0.39, 0.29) is 24.2 Å². The third-order valence-corrected chi connectivity index (χ3v) is 4.19. The smallest absolute Gasteiger partial charge is 0.407 e. The minimum atomic E-state index is -0.466. The monoisotopic (exact) mass is 292 g/mol. The Kier molecular flexibility index (Phi) is 3.53. The Bertz CT molecular complexity index is 568. The fourth-order valence-corrected chi connectivity index (χ4v) is 2.86. The van der Waals surface area contributed by atoms with E-state index in [1.165, 1.54) is 6.07 Å². The van der Waals surface area contributed by atoms with Crippen LogP contribution < -0.4 is 5.32 Å². The number of ether oxygens (including phenoxy) is 1. The van der Waals surface area contributed by atoms with E-state index >= 15 is 0 Å². The summed E-state index contributed by atoms with van der Waals surface area (Å²) in [5.74, 6) is -0.444. The number of alkyl carbamates (subject to hydrolysis) is 1. The van der Waals surface area contributed by atoms with Crippen molar-refractivity contribution >= 4 is 12.0 Å². The predicted molar refractivity (Wildman–Crippen MR) is 73.1 cm³/mol. The lowest BCUT2D eigenvalue weighted by Crippen LogP contribution is -2.48. The summed E-state index contributed by atoms with van der Waals surface area (Å²) < 4.78 is 18.9. The van der Waals surface area contributed by atoms with Crippen LogP contribution in [0.15, 0.2) is 24.3 Å². The number of piperidine rings is 1. The van der Waals surface area contributed by atoms with E-state index in [1.54, 1.807) is 23.1 Å². The zero-order valence-electron chi connectivity index (χ0n) is 11.6. The number of carbonyl (C=O) groups excluding carboxylic acids is 2. The molecule has 2 aliphatic rings. The van der Waals surface area contributed by atoms with E-state index in [1.807, 2.05) is 0 Å². The molecule has 3 rings (SSSR count). The molecule has 2 saturated heterocycles. The van der Waals surface area contributed by atoms with Gasteiger partial charge in [-0.05, 0) is 11.6 Å². The molecule has 2 aliphatic heterocycles. The van der Waals surface area contributed by atoms with Crippen molar-refractivity contribution in [2.75, 3.05) is 19.6 Å². The van der Waals surface area contributed by atoms with E-state index in [4.69, 9.17) is 4.74 Å². The first-order valence-electron chi connectivity index (χ1n) is 7.06. The highest BCUT2D eigenvalue weighted by Gasteiger charge is 2.43. The third-order valence-electron chi connectivity index (χ3n) is 4.19. The Hall–Kier alpha value is -2.11. The second-order valence-electron chi connectivity index (χ2n) is 5.58. The van der Waals surface area contributed by atoms with Crippen molar-refractivity contribution in [1.29, 1.82) is 0 Å². The average molecular weight is 292 g/mol. The molecule has 0 radical (unpaired) electrons. The molecule has 21 heavy (non-hydrogen) atoms. The quantitative estimate of drug-likeness (QED) is 0.898. The van der Waals surface area contributed by atoms with Crippen molar-refractivity contribution in [2.45, 2.75) is 24.9 Å². The van der Waals surface area contributed by atoms with Gasteiger partial charge in [-0.25, -0.2) is 9.18 Å². The lowest BCUT2D eigenvalue weighted by atomic mass is 9.91. The molecule has 1 aromatic rings. The van der Waals surface area contributed by atoms with Crippen LogP contribution in [-0.2, 0) is 16.0 Å². The largest absolute Gasteiger partial charge is 0.441 e. The number of nitrogens with zero attached hydrogens (tertiary/aromatic N) is 1. The molecule has 0 aliphatic carbocycles. The molecule has 0 unspecified atom stereocenters. The van der Waals surface area contributed by atoms with Crippen molar-refractivity contribution in [3.63, 3.8) is 0 Å². The highest BCUT2D eigenvalue weighted by Crippen LogP contribution is 2.29. The molecular weight excluding hydrogens is 275 g/mol. The lowest BCUT2D eigenvalue weighted by molar-refractivity contribution is -0.133. The molecule has 0 saturated carbocycles. The number of rotatable bonds is 2. The second-order valence-corrected chi connectivity index (χ2v) is 5.58. The van der Waals surface area contributed by atoms with Gasteiger partial charge in [-0.1, -0.05) is 18.2 Å². The summed E-state index contributed by atoms with van der Waals surface area (Å²) in [5, 5.41) is 2.66. The van der Waals surface area contributed by atoms with Crippen LogP contribution in [0.25, 0.3) is 0 Å². The van der Waals surface area contributed by atoms with Gasteiger partial charge in [-0.2, -0.15) is 0 Å². The molecule has 112 valence electrons. The molecule has 1 N–H and O–H groups in total. The third kappa shape index (κ3) is 2.84. The maximum absolute atomic E-state index is 13.6. The summed E-state index contributed by atoms with van der Waals surface area (Å²) in [4.78, 5) is 25.1. The maximum Gasteiger partial charge on any atom is 0.407 e. The minimum Gasteiger partial charge on any atom is -0.441 e. The van der Waals surface area contributed by atoms with Crippen molar-refractivity contribution in [3.05, 3.63) is 35.6 Å². The normalized spacial score (nSPS) is 20.2. The molecule has 0 aromatic heterocycles. The number of carbonyl (C=O) groups is 2. The highest BCUT2D eigenvalue weighted by atomic mass is 19.1. The Morgan fingerprint density at radius 1 is 1.33 bits per heavy atom. The first-order chi connectivity index (χ1) is 10.1. The molecule has 0 atom stereocenters. The molecule has 1 spiro atoms. The standard InChI is InChI=1S/C15H17FN2O3/c16-12-4-2-1-3-11(12)9-13(19)18-7-5-15(6-8-18)10-17-14(20)21-15/h1-4H,5-10H2,(H,17,20). The zero-order chi connectivity index (χ0) is 14.9. The van der Waals surface area contributed by atoms with E-state index < -0.39 is 5.60 Å². The summed E-state index contributed by atoms with van der Waals surface area (Å²) in [6.45, 7) is 1.56. The number of hydrogen-bond acceptors (Lipinski definition) is 3. The van der Waals surface area contributed by atoms with Gasteiger partial charge >= 0.3 is 6.09 Å². The fraction of sp³-hybridized carbons (Fsp3) is 0.467. The van der Waals surface area contributed by atoms with Crippen molar-refractivity contribution in [3.8, 4) is 0 Å². The van der Waals surface area contributed by atoms with Crippen LogP contribution in [0.5, 0.6) is 0 Å². The molecule has 1 aromatic carbocycles. The first kappa shape index (κ1) is 13.9. The average Bonchev–Trinajstić information content (AvgIpc) is 2.83. The van der Waals surface area contributed by atoms with Gasteiger partial charge < -0.3 is 15.0 Å². The van der Waals surface area contributed by atoms with Crippen LogP contribution >= 0.6 is 0 Å². The Labute approximate surface area is 122 Å². The van der Waals surface area contributed by atoms with E-state index in [2.05, 4.69) is 5.32 Å².